The van der Waals surface area contributed by atoms with Gasteiger partial charge in [0, 0.05) is 12.7 Å². The number of nitrogens with one attached hydrogen (secondary N) is 1. The molecule has 1 rings (SSSR count). The van der Waals surface area contributed by atoms with Gasteiger partial charge in [-0.2, -0.15) is 0 Å². The highest BCUT2D eigenvalue weighted by Gasteiger charge is 2.26. The molecular formula is C15H21NO4. The maximum absolute atomic E-state index is 12.2. The van der Waals surface area contributed by atoms with Gasteiger partial charge in [-0.15, -0.1) is 0 Å². The van der Waals surface area contributed by atoms with Crippen LogP contribution in [-0.2, 0) is 16.1 Å². The molecule has 0 heterocycles. The van der Waals surface area contributed by atoms with Crippen LogP contribution in [0.2, 0.25) is 0 Å². The summed E-state index contributed by atoms with van der Waals surface area (Å²) in [6, 6.07) is 6.13. The van der Waals surface area contributed by atoms with Crippen molar-refractivity contribution in [2.24, 2.45) is 5.92 Å². The summed E-state index contributed by atoms with van der Waals surface area (Å²) in [5.41, 5.74) is 1.18. The number of aliphatic carboxylic acids is 1. The molecule has 0 aliphatic rings. The third kappa shape index (κ3) is 4.06. The van der Waals surface area contributed by atoms with Crippen molar-refractivity contribution in [2.45, 2.75) is 32.9 Å². The molecule has 1 aromatic rings. The fourth-order valence-electron chi connectivity index (χ4n) is 1.93. The lowest BCUT2D eigenvalue weighted by molar-refractivity contribution is -0.140. The van der Waals surface area contributed by atoms with Gasteiger partial charge in [0.15, 0.2) is 0 Å². The van der Waals surface area contributed by atoms with Crippen molar-refractivity contribution < 1.29 is 19.4 Å². The second-order valence-electron chi connectivity index (χ2n) is 4.77. The summed E-state index contributed by atoms with van der Waals surface area (Å²) in [4.78, 5) is 23.5. The molecule has 2 unspecified atom stereocenters. The van der Waals surface area contributed by atoms with E-state index in [0.717, 1.165) is 5.56 Å². The predicted octanol–water partition coefficient (Wildman–Crippen LogP) is 2.06. The average Bonchev–Trinajstić information content (AvgIpc) is 2.44. The Morgan fingerprint density at radius 2 is 2.00 bits per heavy atom. The van der Waals surface area contributed by atoms with E-state index in [9.17, 15) is 14.7 Å². The second kappa shape index (κ2) is 7.65. The second-order valence-corrected chi connectivity index (χ2v) is 4.77. The molecule has 0 fully saturated rings. The average molecular weight is 279 g/mol. The van der Waals surface area contributed by atoms with Crippen LogP contribution in [0, 0.1) is 5.92 Å². The SMILES string of the molecule is CCC(C)C(NC(=O)c1ccccc1COC)C(=O)O. The molecule has 0 aliphatic carbocycles. The van der Waals surface area contributed by atoms with E-state index >= 15 is 0 Å². The van der Waals surface area contributed by atoms with Crippen molar-refractivity contribution in [1.82, 2.24) is 5.32 Å². The first-order valence-corrected chi connectivity index (χ1v) is 6.61. The lowest BCUT2D eigenvalue weighted by Crippen LogP contribution is -2.45. The van der Waals surface area contributed by atoms with Crippen LogP contribution in [0.25, 0.3) is 0 Å². The van der Waals surface area contributed by atoms with E-state index in [1.807, 2.05) is 13.0 Å². The van der Waals surface area contributed by atoms with Crippen LogP contribution in [0.4, 0.5) is 0 Å². The molecular weight excluding hydrogens is 258 g/mol. The quantitative estimate of drug-likeness (QED) is 0.801. The largest absolute Gasteiger partial charge is 0.480 e. The molecule has 0 spiro atoms. The molecule has 0 saturated heterocycles. The van der Waals surface area contributed by atoms with Crippen LogP contribution in [-0.4, -0.2) is 30.1 Å². The number of carboxylic acid groups (broad SMARTS) is 1. The molecule has 0 saturated carbocycles. The molecule has 0 aromatic heterocycles. The van der Waals surface area contributed by atoms with Crippen molar-refractivity contribution in [3.8, 4) is 0 Å². The maximum atomic E-state index is 12.2. The summed E-state index contributed by atoms with van der Waals surface area (Å²) in [5.74, 6) is -1.53. The number of carbonyl (C=O) groups is 2. The Bertz CT molecular complexity index is 473. The smallest absolute Gasteiger partial charge is 0.326 e. The molecule has 20 heavy (non-hydrogen) atoms. The number of rotatable bonds is 7. The van der Waals surface area contributed by atoms with Crippen molar-refractivity contribution in [1.29, 1.82) is 0 Å². The fourth-order valence-corrected chi connectivity index (χ4v) is 1.93. The van der Waals surface area contributed by atoms with Gasteiger partial charge in [-0.3, -0.25) is 4.79 Å². The Balaban J connectivity index is 2.92. The highest BCUT2D eigenvalue weighted by molar-refractivity contribution is 5.97. The molecule has 5 heteroatoms. The molecule has 0 bridgehead atoms. The van der Waals surface area contributed by atoms with Gasteiger partial charge < -0.3 is 15.2 Å². The molecule has 1 aromatic carbocycles. The molecule has 2 N–H and O–H groups in total. The Labute approximate surface area is 118 Å². The molecule has 0 aliphatic heterocycles. The van der Waals surface area contributed by atoms with Gasteiger partial charge in [-0.25, -0.2) is 4.79 Å². The number of benzene rings is 1. The summed E-state index contributed by atoms with van der Waals surface area (Å²) in [6.07, 6.45) is 0.678. The summed E-state index contributed by atoms with van der Waals surface area (Å²) >= 11 is 0. The Morgan fingerprint density at radius 1 is 1.35 bits per heavy atom. The number of hydrogen-bond acceptors (Lipinski definition) is 3. The first kappa shape index (κ1) is 16.2. The van der Waals surface area contributed by atoms with Crippen LogP contribution in [0.15, 0.2) is 24.3 Å². The standard InChI is InChI=1S/C15H21NO4/c1-4-10(2)13(15(18)19)16-14(17)12-8-6-5-7-11(12)9-20-3/h5-8,10,13H,4,9H2,1-3H3,(H,16,17)(H,18,19). The predicted molar refractivity (Wildman–Crippen MR) is 75.5 cm³/mol. The fraction of sp³-hybridized carbons (Fsp3) is 0.467. The Kier molecular flexibility index (Phi) is 6.18. The van der Waals surface area contributed by atoms with Gasteiger partial charge in [0.2, 0.25) is 0 Å². The number of ether oxygens (including phenoxy) is 1. The highest BCUT2D eigenvalue weighted by atomic mass is 16.5. The van der Waals surface area contributed by atoms with Gasteiger partial charge >= 0.3 is 5.97 Å². The lowest BCUT2D eigenvalue weighted by atomic mass is 9.98. The van der Waals surface area contributed by atoms with Gasteiger partial charge in [0.25, 0.3) is 5.91 Å². The van der Waals surface area contributed by atoms with E-state index in [1.165, 1.54) is 0 Å². The van der Waals surface area contributed by atoms with E-state index in [0.29, 0.717) is 18.6 Å². The molecule has 1 amide bonds. The summed E-state index contributed by atoms with van der Waals surface area (Å²) in [7, 11) is 1.55. The first-order chi connectivity index (χ1) is 9.51. The molecule has 2 atom stereocenters. The van der Waals surface area contributed by atoms with Crippen molar-refractivity contribution in [2.75, 3.05) is 7.11 Å². The van der Waals surface area contributed by atoms with Gasteiger partial charge in [0.05, 0.1) is 6.61 Å². The van der Waals surface area contributed by atoms with Gasteiger partial charge in [-0.05, 0) is 17.5 Å². The number of carboxylic acids is 1. The van der Waals surface area contributed by atoms with E-state index < -0.39 is 12.0 Å². The van der Waals surface area contributed by atoms with E-state index in [4.69, 9.17) is 4.74 Å². The summed E-state index contributed by atoms with van der Waals surface area (Å²) < 4.78 is 5.04. The molecule has 110 valence electrons. The highest BCUT2D eigenvalue weighted by Crippen LogP contribution is 2.13. The minimum Gasteiger partial charge on any atom is -0.480 e. The van der Waals surface area contributed by atoms with Crippen molar-refractivity contribution >= 4 is 11.9 Å². The zero-order chi connectivity index (χ0) is 15.1. The monoisotopic (exact) mass is 279 g/mol. The number of carbonyl (C=O) groups excluding carboxylic acids is 1. The summed E-state index contributed by atoms with van der Waals surface area (Å²) in [6.45, 7) is 4.01. The first-order valence-electron chi connectivity index (χ1n) is 6.61. The number of amides is 1. The van der Waals surface area contributed by atoms with Crippen LogP contribution in [0.5, 0.6) is 0 Å². The molecule has 5 nitrogen and oxygen atoms in total. The topological polar surface area (TPSA) is 75.6 Å². The number of hydrogen-bond donors (Lipinski definition) is 2. The van der Waals surface area contributed by atoms with Crippen LogP contribution < -0.4 is 5.32 Å². The van der Waals surface area contributed by atoms with E-state index in [-0.39, 0.29) is 11.8 Å². The zero-order valence-corrected chi connectivity index (χ0v) is 12.1. The number of methoxy groups -OCH3 is 1. The van der Waals surface area contributed by atoms with Crippen molar-refractivity contribution in [3.05, 3.63) is 35.4 Å². The summed E-state index contributed by atoms with van der Waals surface area (Å²) in [5, 5.41) is 11.8. The van der Waals surface area contributed by atoms with E-state index in [1.54, 1.807) is 32.2 Å². The molecule has 0 radical (unpaired) electrons. The Morgan fingerprint density at radius 3 is 2.55 bits per heavy atom. The lowest BCUT2D eigenvalue weighted by Gasteiger charge is -2.20. The van der Waals surface area contributed by atoms with Crippen molar-refractivity contribution in [3.63, 3.8) is 0 Å². The van der Waals surface area contributed by atoms with Gasteiger partial charge in [0.1, 0.15) is 6.04 Å². The maximum Gasteiger partial charge on any atom is 0.326 e. The normalized spacial score (nSPS) is 13.6. The zero-order valence-electron chi connectivity index (χ0n) is 12.1. The third-order valence-corrected chi connectivity index (χ3v) is 3.33. The van der Waals surface area contributed by atoms with E-state index in [2.05, 4.69) is 5.32 Å². The van der Waals surface area contributed by atoms with Crippen LogP contribution in [0.3, 0.4) is 0 Å². The third-order valence-electron chi connectivity index (χ3n) is 3.33. The van der Waals surface area contributed by atoms with Crippen LogP contribution in [0.1, 0.15) is 36.2 Å². The van der Waals surface area contributed by atoms with Crippen LogP contribution >= 0.6 is 0 Å². The minimum atomic E-state index is -1.02. The Hall–Kier alpha value is -1.88. The minimum absolute atomic E-state index is 0.133. The van der Waals surface area contributed by atoms with Gasteiger partial charge in [-0.1, -0.05) is 38.5 Å².